The van der Waals surface area contributed by atoms with E-state index in [1.807, 2.05) is 0 Å². The highest BCUT2D eigenvalue weighted by Gasteiger charge is 2.20. The van der Waals surface area contributed by atoms with Crippen molar-refractivity contribution in [3.63, 3.8) is 0 Å². The minimum Gasteiger partial charge on any atom is -0.493 e. The number of benzene rings is 1. The lowest BCUT2D eigenvalue weighted by atomic mass is 9.98. The predicted octanol–water partition coefficient (Wildman–Crippen LogP) is 2.13. The summed E-state index contributed by atoms with van der Waals surface area (Å²) in [7, 11) is 1.37. The highest BCUT2D eigenvalue weighted by molar-refractivity contribution is 5.36. The molecule has 0 radical (unpaired) electrons. The first-order valence-corrected chi connectivity index (χ1v) is 5.44. The Morgan fingerprint density at radius 1 is 1.44 bits per heavy atom. The maximum atomic E-state index is 13.4. The quantitative estimate of drug-likeness (QED) is 0.854. The van der Waals surface area contributed by atoms with Crippen molar-refractivity contribution in [2.75, 3.05) is 20.2 Å². The van der Waals surface area contributed by atoms with Gasteiger partial charge in [-0.25, -0.2) is 4.39 Å². The number of hydrogen-bond acceptors (Lipinski definition) is 2. The zero-order valence-electron chi connectivity index (χ0n) is 9.22. The van der Waals surface area contributed by atoms with Crippen LogP contribution in [0.2, 0.25) is 0 Å². The summed E-state index contributed by atoms with van der Waals surface area (Å²) in [6.45, 7) is 1.93. The van der Waals surface area contributed by atoms with Gasteiger partial charge in [0.15, 0.2) is 11.6 Å². The third-order valence-corrected chi connectivity index (χ3v) is 3.01. The van der Waals surface area contributed by atoms with Crippen molar-refractivity contribution < 1.29 is 13.5 Å². The Morgan fingerprint density at radius 3 is 2.88 bits per heavy atom. The predicted molar refractivity (Wildman–Crippen MR) is 57.6 cm³/mol. The van der Waals surface area contributed by atoms with E-state index in [-0.39, 0.29) is 5.75 Å². The molecule has 16 heavy (non-hydrogen) atoms. The molecular weight excluding hydrogens is 212 g/mol. The van der Waals surface area contributed by atoms with Crippen LogP contribution < -0.4 is 10.1 Å². The third kappa shape index (κ3) is 2.16. The van der Waals surface area contributed by atoms with Gasteiger partial charge in [0.05, 0.1) is 7.11 Å². The molecule has 88 valence electrons. The minimum atomic E-state index is -0.883. The summed E-state index contributed by atoms with van der Waals surface area (Å²) in [5.41, 5.74) is 0.745. The van der Waals surface area contributed by atoms with Gasteiger partial charge in [-0.2, -0.15) is 4.39 Å². The molecule has 2 nitrogen and oxygen atoms in total. The number of hydrogen-bond donors (Lipinski definition) is 1. The zero-order valence-corrected chi connectivity index (χ0v) is 9.22. The molecule has 1 unspecified atom stereocenters. The van der Waals surface area contributed by atoms with Gasteiger partial charge in [-0.3, -0.25) is 0 Å². The van der Waals surface area contributed by atoms with Gasteiger partial charge >= 0.3 is 0 Å². The maximum Gasteiger partial charge on any atom is 0.200 e. The lowest BCUT2D eigenvalue weighted by Gasteiger charge is -2.13. The Labute approximate surface area is 93.6 Å². The van der Waals surface area contributed by atoms with Gasteiger partial charge < -0.3 is 10.1 Å². The maximum absolute atomic E-state index is 13.4. The van der Waals surface area contributed by atoms with E-state index >= 15 is 0 Å². The van der Waals surface area contributed by atoms with Crippen molar-refractivity contribution in [1.82, 2.24) is 5.32 Å². The van der Waals surface area contributed by atoms with Gasteiger partial charge in [-0.15, -0.1) is 0 Å². The van der Waals surface area contributed by atoms with Crippen LogP contribution in [0, 0.1) is 17.6 Å². The van der Waals surface area contributed by atoms with Gasteiger partial charge in [0.25, 0.3) is 0 Å². The van der Waals surface area contributed by atoms with E-state index in [0.29, 0.717) is 5.92 Å². The summed E-state index contributed by atoms with van der Waals surface area (Å²) in [5, 5.41) is 3.25. The van der Waals surface area contributed by atoms with Crippen molar-refractivity contribution in [2.24, 2.45) is 5.92 Å². The first-order valence-electron chi connectivity index (χ1n) is 5.44. The van der Waals surface area contributed by atoms with Crippen LogP contribution in [0.1, 0.15) is 12.0 Å². The average molecular weight is 227 g/mol. The molecule has 1 N–H and O–H groups in total. The Morgan fingerprint density at radius 2 is 2.25 bits per heavy atom. The van der Waals surface area contributed by atoms with E-state index in [9.17, 15) is 8.78 Å². The van der Waals surface area contributed by atoms with Crippen molar-refractivity contribution >= 4 is 0 Å². The molecule has 2 rings (SSSR count). The molecule has 1 aromatic carbocycles. The lowest BCUT2D eigenvalue weighted by Crippen LogP contribution is -2.11. The van der Waals surface area contributed by atoms with Gasteiger partial charge in [-0.05, 0) is 43.5 Å². The van der Waals surface area contributed by atoms with Crippen LogP contribution in [0.15, 0.2) is 12.1 Å². The largest absolute Gasteiger partial charge is 0.493 e. The summed E-state index contributed by atoms with van der Waals surface area (Å²) in [5.74, 6) is -1.21. The fourth-order valence-electron chi connectivity index (χ4n) is 2.15. The molecule has 0 saturated carbocycles. The first-order chi connectivity index (χ1) is 7.72. The van der Waals surface area contributed by atoms with Crippen LogP contribution in [0.5, 0.6) is 5.75 Å². The highest BCUT2D eigenvalue weighted by Crippen LogP contribution is 2.28. The molecule has 1 fully saturated rings. The summed E-state index contributed by atoms with van der Waals surface area (Å²) in [4.78, 5) is 0. The topological polar surface area (TPSA) is 21.3 Å². The van der Waals surface area contributed by atoms with Gasteiger partial charge in [0, 0.05) is 0 Å². The minimum absolute atomic E-state index is 0.0481. The first kappa shape index (κ1) is 11.3. The normalized spacial score (nSPS) is 20.1. The molecule has 1 aliphatic heterocycles. The molecule has 0 aliphatic carbocycles. The smallest absolute Gasteiger partial charge is 0.200 e. The van der Waals surface area contributed by atoms with E-state index in [4.69, 9.17) is 4.74 Å². The highest BCUT2D eigenvalue weighted by atomic mass is 19.2. The molecule has 0 aromatic heterocycles. The Balaban J connectivity index is 2.22. The van der Waals surface area contributed by atoms with Crippen LogP contribution in [-0.4, -0.2) is 20.2 Å². The lowest BCUT2D eigenvalue weighted by molar-refractivity contribution is 0.364. The number of rotatable bonds is 3. The molecule has 0 spiro atoms. The van der Waals surface area contributed by atoms with E-state index in [2.05, 4.69) is 5.32 Å². The Hall–Kier alpha value is -1.16. The zero-order chi connectivity index (χ0) is 11.5. The van der Waals surface area contributed by atoms with E-state index < -0.39 is 11.6 Å². The average Bonchev–Trinajstić information content (AvgIpc) is 2.77. The molecule has 1 atom stereocenters. The summed E-state index contributed by atoms with van der Waals surface area (Å²) >= 11 is 0. The monoisotopic (exact) mass is 227 g/mol. The second-order valence-electron chi connectivity index (χ2n) is 4.12. The molecule has 1 saturated heterocycles. The van der Waals surface area contributed by atoms with Crippen molar-refractivity contribution in [3.8, 4) is 5.75 Å². The summed E-state index contributed by atoms with van der Waals surface area (Å²) in [6.07, 6.45) is 1.80. The number of nitrogens with one attached hydrogen (secondary N) is 1. The van der Waals surface area contributed by atoms with Gasteiger partial charge in [-0.1, -0.05) is 6.07 Å². The van der Waals surface area contributed by atoms with Gasteiger partial charge in [0.2, 0.25) is 5.82 Å². The molecule has 0 amide bonds. The fraction of sp³-hybridized carbons (Fsp3) is 0.500. The number of methoxy groups -OCH3 is 1. The van der Waals surface area contributed by atoms with Crippen LogP contribution in [0.3, 0.4) is 0 Å². The number of halogens is 2. The van der Waals surface area contributed by atoms with Gasteiger partial charge in [0.1, 0.15) is 0 Å². The van der Waals surface area contributed by atoms with Crippen LogP contribution in [-0.2, 0) is 6.42 Å². The molecule has 1 aliphatic rings. The Bertz CT molecular complexity index is 376. The van der Waals surface area contributed by atoms with Crippen LogP contribution in [0.25, 0.3) is 0 Å². The standard InChI is InChI=1S/C12H15F2NO/c1-16-12-9(2-3-10(13)11(12)14)6-8-4-5-15-7-8/h2-3,8,15H,4-7H2,1H3. The summed E-state index contributed by atoms with van der Waals surface area (Å²) < 4.78 is 31.3. The molecule has 0 bridgehead atoms. The second-order valence-corrected chi connectivity index (χ2v) is 4.12. The molecular formula is C12H15F2NO. The van der Waals surface area contributed by atoms with Crippen molar-refractivity contribution in [2.45, 2.75) is 12.8 Å². The van der Waals surface area contributed by atoms with Crippen LogP contribution in [0.4, 0.5) is 8.78 Å². The molecule has 1 heterocycles. The van der Waals surface area contributed by atoms with E-state index in [1.165, 1.54) is 7.11 Å². The van der Waals surface area contributed by atoms with E-state index in [0.717, 1.165) is 37.6 Å². The van der Waals surface area contributed by atoms with Crippen LogP contribution >= 0.6 is 0 Å². The van der Waals surface area contributed by atoms with E-state index in [1.54, 1.807) is 6.07 Å². The number of ether oxygens (including phenoxy) is 1. The fourth-order valence-corrected chi connectivity index (χ4v) is 2.15. The third-order valence-electron chi connectivity index (χ3n) is 3.01. The van der Waals surface area contributed by atoms with Crippen molar-refractivity contribution in [3.05, 3.63) is 29.3 Å². The van der Waals surface area contributed by atoms with Crippen molar-refractivity contribution in [1.29, 1.82) is 0 Å². The SMILES string of the molecule is COc1c(CC2CCNC2)ccc(F)c1F. The molecule has 4 heteroatoms. The Kier molecular flexibility index (Phi) is 3.39. The second kappa shape index (κ2) is 4.78. The molecule has 1 aromatic rings. The summed E-state index contributed by atoms with van der Waals surface area (Å²) in [6, 6.07) is 2.77.